The molecule has 2 heterocycles. The van der Waals surface area contributed by atoms with E-state index >= 15 is 0 Å². The number of hydrogen-bond donors (Lipinski definition) is 1. The minimum atomic E-state index is 0.456. The van der Waals surface area contributed by atoms with Gasteiger partial charge in [0, 0.05) is 18.3 Å². The first-order chi connectivity index (χ1) is 11.3. The molecule has 0 spiro atoms. The average Bonchev–Trinajstić information content (AvgIpc) is 2.62. The van der Waals surface area contributed by atoms with Gasteiger partial charge < -0.3 is 10.2 Å². The van der Waals surface area contributed by atoms with E-state index in [-0.39, 0.29) is 0 Å². The molecule has 23 heavy (non-hydrogen) atoms. The van der Waals surface area contributed by atoms with E-state index in [4.69, 9.17) is 5.26 Å². The average molecular weight is 308 g/mol. The van der Waals surface area contributed by atoms with Gasteiger partial charge in [-0.15, -0.1) is 5.10 Å². The molecule has 0 amide bonds. The van der Waals surface area contributed by atoms with Gasteiger partial charge in [0.15, 0.2) is 5.82 Å². The van der Waals surface area contributed by atoms with Crippen molar-refractivity contribution in [3.05, 3.63) is 36.0 Å². The van der Waals surface area contributed by atoms with Crippen molar-refractivity contribution >= 4 is 17.5 Å². The van der Waals surface area contributed by atoms with Gasteiger partial charge in [0.25, 0.3) is 0 Å². The van der Waals surface area contributed by atoms with Crippen LogP contribution in [0.25, 0.3) is 0 Å². The van der Waals surface area contributed by atoms with E-state index in [1.807, 2.05) is 12.1 Å². The maximum atomic E-state index is 8.97. The van der Waals surface area contributed by atoms with Gasteiger partial charge in [-0.25, -0.2) is 0 Å². The lowest BCUT2D eigenvalue weighted by molar-refractivity contribution is 0.446. The Balaban J connectivity index is 1.80. The van der Waals surface area contributed by atoms with Crippen LogP contribution in [0.4, 0.5) is 17.5 Å². The molecule has 118 valence electrons. The van der Waals surface area contributed by atoms with Crippen LogP contribution < -0.4 is 10.2 Å². The van der Waals surface area contributed by atoms with Crippen LogP contribution >= 0.6 is 0 Å². The monoisotopic (exact) mass is 308 g/mol. The van der Waals surface area contributed by atoms with E-state index in [0.29, 0.717) is 17.6 Å². The molecule has 6 heteroatoms. The summed E-state index contributed by atoms with van der Waals surface area (Å²) >= 11 is 0. The highest BCUT2D eigenvalue weighted by atomic mass is 15.3. The van der Waals surface area contributed by atoms with Crippen molar-refractivity contribution in [2.75, 3.05) is 16.8 Å². The van der Waals surface area contributed by atoms with Crippen LogP contribution in [0.15, 0.2) is 30.5 Å². The Kier molecular flexibility index (Phi) is 4.67. The Hall–Kier alpha value is -2.68. The topological polar surface area (TPSA) is 77.7 Å². The minimum absolute atomic E-state index is 0.456. The minimum Gasteiger partial charge on any atom is -0.352 e. The van der Waals surface area contributed by atoms with Crippen molar-refractivity contribution in [2.45, 2.75) is 38.6 Å². The molecule has 1 fully saturated rings. The van der Waals surface area contributed by atoms with Crippen molar-refractivity contribution in [1.82, 2.24) is 15.2 Å². The summed E-state index contributed by atoms with van der Waals surface area (Å²) in [5.74, 6) is 1.32. The number of benzene rings is 1. The van der Waals surface area contributed by atoms with Gasteiger partial charge in [-0.1, -0.05) is 13.0 Å². The molecule has 1 aromatic carbocycles. The van der Waals surface area contributed by atoms with Crippen LogP contribution in [0.1, 0.15) is 38.2 Å². The summed E-state index contributed by atoms with van der Waals surface area (Å²) in [4.78, 5) is 6.93. The Morgan fingerprint density at radius 1 is 1.39 bits per heavy atom. The Bertz CT molecular complexity index is 708. The van der Waals surface area contributed by atoms with Crippen molar-refractivity contribution in [3.8, 4) is 6.07 Å². The summed E-state index contributed by atoms with van der Waals surface area (Å²) in [6.45, 7) is 3.23. The standard InChI is InChI=1S/C17H20N6/c1-2-15-8-3-4-9-23(15)16-12-19-22-17(21-16)20-14-7-5-6-13(10-14)11-18/h5-7,10,12,15H,2-4,8-9H2,1H3,(H,20,21,22). The van der Waals surface area contributed by atoms with Gasteiger partial charge >= 0.3 is 0 Å². The highest BCUT2D eigenvalue weighted by molar-refractivity contribution is 5.57. The van der Waals surface area contributed by atoms with Gasteiger partial charge in [-0.05, 0) is 43.9 Å². The first-order valence-corrected chi connectivity index (χ1v) is 8.03. The molecule has 1 N–H and O–H groups in total. The van der Waals surface area contributed by atoms with Crippen LogP contribution in [0, 0.1) is 11.3 Å². The second-order valence-corrected chi connectivity index (χ2v) is 5.71. The third kappa shape index (κ3) is 3.57. The normalized spacial score (nSPS) is 17.6. The summed E-state index contributed by atoms with van der Waals surface area (Å²) in [7, 11) is 0. The zero-order valence-corrected chi connectivity index (χ0v) is 13.2. The Labute approximate surface area is 136 Å². The molecule has 1 aliphatic heterocycles. The predicted octanol–water partition coefficient (Wildman–Crippen LogP) is 3.26. The molecule has 0 aliphatic carbocycles. The van der Waals surface area contributed by atoms with Gasteiger partial charge in [-0.3, -0.25) is 0 Å². The zero-order valence-electron chi connectivity index (χ0n) is 13.2. The molecular weight excluding hydrogens is 288 g/mol. The lowest BCUT2D eigenvalue weighted by Crippen LogP contribution is -2.39. The third-order valence-corrected chi connectivity index (χ3v) is 4.19. The van der Waals surface area contributed by atoms with E-state index in [0.717, 1.165) is 24.5 Å². The van der Waals surface area contributed by atoms with Gasteiger partial charge in [-0.2, -0.15) is 15.3 Å². The highest BCUT2D eigenvalue weighted by Crippen LogP contribution is 2.25. The summed E-state index contributed by atoms with van der Waals surface area (Å²) in [6.07, 6.45) is 6.50. The summed E-state index contributed by atoms with van der Waals surface area (Å²) < 4.78 is 0. The van der Waals surface area contributed by atoms with Crippen LogP contribution in [0.2, 0.25) is 0 Å². The molecule has 1 unspecified atom stereocenters. The lowest BCUT2D eigenvalue weighted by Gasteiger charge is -2.35. The fourth-order valence-corrected chi connectivity index (χ4v) is 3.01. The maximum Gasteiger partial charge on any atom is 0.249 e. The summed E-state index contributed by atoms with van der Waals surface area (Å²) in [5, 5.41) is 20.2. The van der Waals surface area contributed by atoms with Crippen LogP contribution in [-0.4, -0.2) is 27.8 Å². The molecule has 1 saturated heterocycles. The fourth-order valence-electron chi connectivity index (χ4n) is 3.01. The molecule has 0 radical (unpaired) electrons. The van der Waals surface area contributed by atoms with E-state index in [1.165, 1.54) is 19.3 Å². The Morgan fingerprint density at radius 2 is 2.30 bits per heavy atom. The molecule has 6 nitrogen and oxygen atoms in total. The number of nitrogens with zero attached hydrogens (tertiary/aromatic N) is 5. The first kappa shape index (κ1) is 15.2. The number of rotatable bonds is 4. The number of nitriles is 1. The van der Waals surface area contributed by atoms with Crippen molar-refractivity contribution in [1.29, 1.82) is 5.26 Å². The molecule has 1 atom stereocenters. The van der Waals surface area contributed by atoms with Gasteiger partial charge in [0.05, 0.1) is 17.8 Å². The number of anilines is 3. The molecular formula is C17H20N6. The largest absolute Gasteiger partial charge is 0.352 e. The van der Waals surface area contributed by atoms with E-state index in [2.05, 4.69) is 38.4 Å². The molecule has 0 saturated carbocycles. The summed E-state index contributed by atoms with van der Waals surface area (Å²) in [6, 6.07) is 9.89. The van der Waals surface area contributed by atoms with Crippen LogP contribution in [0.5, 0.6) is 0 Å². The van der Waals surface area contributed by atoms with Crippen molar-refractivity contribution in [3.63, 3.8) is 0 Å². The first-order valence-electron chi connectivity index (χ1n) is 8.03. The zero-order chi connectivity index (χ0) is 16.1. The lowest BCUT2D eigenvalue weighted by atomic mass is 10.0. The third-order valence-electron chi connectivity index (χ3n) is 4.19. The highest BCUT2D eigenvalue weighted by Gasteiger charge is 2.22. The van der Waals surface area contributed by atoms with E-state index in [1.54, 1.807) is 18.3 Å². The van der Waals surface area contributed by atoms with Crippen molar-refractivity contribution in [2.24, 2.45) is 0 Å². The molecule has 1 aromatic heterocycles. The van der Waals surface area contributed by atoms with Gasteiger partial charge in [0.1, 0.15) is 0 Å². The SMILES string of the molecule is CCC1CCCCN1c1cnnc(Nc2cccc(C#N)c2)n1. The molecule has 3 rings (SSSR count). The molecule has 0 bridgehead atoms. The van der Waals surface area contributed by atoms with E-state index in [9.17, 15) is 0 Å². The second-order valence-electron chi connectivity index (χ2n) is 5.71. The summed E-state index contributed by atoms with van der Waals surface area (Å²) in [5.41, 5.74) is 1.38. The molecule has 1 aliphatic rings. The smallest absolute Gasteiger partial charge is 0.249 e. The molecule has 2 aromatic rings. The second kappa shape index (κ2) is 7.05. The number of hydrogen-bond acceptors (Lipinski definition) is 6. The van der Waals surface area contributed by atoms with Crippen LogP contribution in [-0.2, 0) is 0 Å². The predicted molar refractivity (Wildman–Crippen MR) is 89.5 cm³/mol. The van der Waals surface area contributed by atoms with Gasteiger partial charge in [0.2, 0.25) is 5.95 Å². The maximum absolute atomic E-state index is 8.97. The number of nitrogens with one attached hydrogen (secondary N) is 1. The quantitative estimate of drug-likeness (QED) is 0.934. The number of piperidine rings is 1. The number of aromatic nitrogens is 3. The Morgan fingerprint density at radius 3 is 3.13 bits per heavy atom. The van der Waals surface area contributed by atoms with Crippen molar-refractivity contribution < 1.29 is 0 Å². The van der Waals surface area contributed by atoms with Crippen LogP contribution in [0.3, 0.4) is 0 Å². The fraction of sp³-hybridized carbons (Fsp3) is 0.412. The van der Waals surface area contributed by atoms with E-state index < -0.39 is 0 Å².